The second kappa shape index (κ2) is 8.42. The number of benzene rings is 3. The minimum absolute atomic E-state index is 0.0474. The van der Waals surface area contributed by atoms with Crippen LogP contribution in [0, 0.1) is 5.82 Å². The van der Waals surface area contributed by atoms with Gasteiger partial charge in [-0.25, -0.2) is 19.0 Å². The largest absolute Gasteiger partial charge is 0.423 e. The van der Waals surface area contributed by atoms with Crippen molar-refractivity contribution in [1.29, 1.82) is 0 Å². The number of nitrogens with zero attached hydrogens (tertiary/aromatic N) is 1. The highest BCUT2D eigenvalue weighted by atomic mass is 79.9. The molecule has 3 aromatic rings. The first kappa shape index (κ1) is 19.7. The molecule has 0 atom stereocenters. The van der Waals surface area contributed by atoms with E-state index in [9.17, 15) is 14.0 Å². The summed E-state index contributed by atoms with van der Waals surface area (Å²) in [4.78, 5) is 28.4. The maximum Gasteiger partial charge on any atom is 0.363 e. The number of esters is 2. The molecule has 5 nitrogen and oxygen atoms in total. The SMILES string of the molecule is O=C1OC(c2ccccc2F)=N/C1=C/c1ccc(OC(=O)c2ccccc2Br)cc1. The molecule has 0 unspecified atom stereocenters. The Balaban J connectivity index is 1.51. The average molecular weight is 466 g/mol. The fourth-order valence-electron chi connectivity index (χ4n) is 2.74. The van der Waals surface area contributed by atoms with Gasteiger partial charge in [-0.1, -0.05) is 36.4 Å². The molecule has 0 N–H and O–H groups in total. The highest BCUT2D eigenvalue weighted by molar-refractivity contribution is 9.10. The first-order valence-corrected chi connectivity index (χ1v) is 9.65. The molecule has 3 aromatic carbocycles. The van der Waals surface area contributed by atoms with Gasteiger partial charge in [-0.2, -0.15) is 0 Å². The lowest BCUT2D eigenvalue weighted by molar-refractivity contribution is -0.129. The van der Waals surface area contributed by atoms with E-state index in [-0.39, 0.29) is 17.2 Å². The number of hydrogen-bond acceptors (Lipinski definition) is 5. The van der Waals surface area contributed by atoms with Gasteiger partial charge in [0, 0.05) is 4.47 Å². The Morgan fingerprint density at radius 2 is 1.70 bits per heavy atom. The fourth-order valence-corrected chi connectivity index (χ4v) is 3.18. The van der Waals surface area contributed by atoms with E-state index in [1.807, 2.05) is 0 Å². The summed E-state index contributed by atoms with van der Waals surface area (Å²) in [7, 11) is 0. The van der Waals surface area contributed by atoms with Gasteiger partial charge in [-0.15, -0.1) is 0 Å². The molecule has 0 aliphatic carbocycles. The van der Waals surface area contributed by atoms with Gasteiger partial charge < -0.3 is 9.47 Å². The molecule has 1 heterocycles. The van der Waals surface area contributed by atoms with Gasteiger partial charge in [0.25, 0.3) is 0 Å². The maximum absolute atomic E-state index is 13.9. The van der Waals surface area contributed by atoms with Crippen LogP contribution in [0.15, 0.2) is 88.0 Å². The van der Waals surface area contributed by atoms with Gasteiger partial charge in [0.1, 0.15) is 11.6 Å². The normalized spacial score (nSPS) is 14.4. The van der Waals surface area contributed by atoms with Gasteiger partial charge >= 0.3 is 11.9 Å². The molecule has 148 valence electrons. The molecule has 7 heteroatoms. The van der Waals surface area contributed by atoms with E-state index in [1.165, 1.54) is 24.3 Å². The average Bonchev–Trinajstić information content (AvgIpc) is 3.10. The molecule has 4 rings (SSSR count). The van der Waals surface area contributed by atoms with Gasteiger partial charge in [-0.05, 0) is 64.0 Å². The van der Waals surface area contributed by atoms with E-state index >= 15 is 0 Å². The summed E-state index contributed by atoms with van der Waals surface area (Å²) in [5.74, 6) is -1.42. The van der Waals surface area contributed by atoms with Gasteiger partial charge in [0.15, 0.2) is 5.70 Å². The highest BCUT2D eigenvalue weighted by Crippen LogP contribution is 2.23. The molecule has 0 saturated carbocycles. The molecular weight excluding hydrogens is 453 g/mol. The zero-order valence-electron chi connectivity index (χ0n) is 15.3. The summed E-state index contributed by atoms with van der Waals surface area (Å²) in [5.41, 5.74) is 1.21. The van der Waals surface area contributed by atoms with Crippen LogP contribution in [0.4, 0.5) is 4.39 Å². The topological polar surface area (TPSA) is 65.0 Å². The Bertz CT molecular complexity index is 1200. The summed E-state index contributed by atoms with van der Waals surface area (Å²) in [5, 5.41) is 0. The molecule has 0 aromatic heterocycles. The van der Waals surface area contributed by atoms with Crippen molar-refractivity contribution >= 4 is 39.8 Å². The molecule has 0 saturated heterocycles. The van der Waals surface area contributed by atoms with E-state index in [2.05, 4.69) is 20.9 Å². The summed E-state index contributed by atoms with van der Waals surface area (Å²) < 4.78 is 25.0. The first-order valence-electron chi connectivity index (χ1n) is 8.85. The molecule has 0 radical (unpaired) electrons. The Hall–Kier alpha value is -3.58. The fraction of sp³-hybridized carbons (Fsp3) is 0. The van der Waals surface area contributed by atoms with Gasteiger partial charge in [0.2, 0.25) is 5.90 Å². The number of rotatable bonds is 4. The van der Waals surface area contributed by atoms with E-state index in [1.54, 1.807) is 54.6 Å². The third-order valence-electron chi connectivity index (χ3n) is 4.21. The van der Waals surface area contributed by atoms with Crippen molar-refractivity contribution < 1.29 is 23.5 Å². The lowest BCUT2D eigenvalue weighted by atomic mass is 10.2. The number of carbonyl (C=O) groups excluding carboxylic acids is 2. The van der Waals surface area contributed by atoms with Crippen LogP contribution in [-0.4, -0.2) is 17.8 Å². The van der Waals surface area contributed by atoms with Gasteiger partial charge in [0.05, 0.1) is 11.1 Å². The molecule has 0 bridgehead atoms. The van der Waals surface area contributed by atoms with Crippen molar-refractivity contribution in [3.8, 4) is 5.75 Å². The van der Waals surface area contributed by atoms with E-state index in [0.29, 0.717) is 21.3 Å². The van der Waals surface area contributed by atoms with Crippen LogP contribution in [0.2, 0.25) is 0 Å². The third kappa shape index (κ3) is 4.21. The molecular formula is C23H13BrFNO4. The van der Waals surface area contributed by atoms with Crippen molar-refractivity contribution in [1.82, 2.24) is 0 Å². The van der Waals surface area contributed by atoms with Crippen LogP contribution in [0.1, 0.15) is 21.5 Å². The van der Waals surface area contributed by atoms with Crippen molar-refractivity contribution in [2.75, 3.05) is 0 Å². The summed E-state index contributed by atoms with van der Waals surface area (Å²) in [6.07, 6.45) is 1.51. The zero-order chi connectivity index (χ0) is 21.1. The van der Waals surface area contributed by atoms with Crippen molar-refractivity contribution in [3.05, 3.63) is 105 Å². The zero-order valence-corrected chi connectivity index (χ0v) is 16.9. The Labute approximate surface area is 179 Å². The predicted molar refractivity (Wildman–Crippen MR) is 113 cm³/mol. The lowest BCUT2D eigenvalue weighted by Gasteiger charge is -2.06. The number of halogens is 2. The number of ether oxygens (including phenoxy) is 2. The second-order valence-corrected chi connectivity index (χ2v) is 7.11. The second-order valence-electron chi connectivity index (χ2n) is 6.25. The van der Waals surface area contributed by atoms with Crippen LogP contribution >= 0.6 is 15.9 Å². The van der Waals surface area contributed by atoms with Crippen molar-refractivity contribution in [2.45, 2.75) is 0 Å². The predicted octanol–water partition coefficient (Wildman–Crippen LogP) is 5.15. The molecule has 0 amide bonds. The number of cyclic esters (lactones) is 1. The molecule has 1 aliphatic heterocycles. The summed E-state index contributed by atoms with van der Waals surface area (Å²) in [6.45, 7) is 0. The van der Waals surface area contributed by atoms with Crippen LogP contribution in [0.5, 0.6) is 5.75 Å². The smallest absolute Gasteiger partial charge is 0.363 e. The quantitative estimate of drug-likeness (QED) is 0.303. The molecule has 30 heavy (non-hydrogen) atoms. The number of carbonyl (C=O) groups is 2. The minimum atomic E-state index is -0.669. The lowest BCUT2D eigenvalue weighted by Crippen LogP contribution is -2.09. The Morgan fingerprint density at radius 1 is 1.00 bits per heavy atom. The molecule has 0 fully saturated rings. The molecule has 0 spiro atoms. The standard InChI is InChI=1S/C23H13BrFNO4/c24-18-7-3-1-5-16(18)22(27)29-15-11-9-14(10-12-15)13-20-23(28)30-21(26-20)17-6-2-4-8-19(17)25/h1-13H/b20-13+. The Kier molecular flexibility index (Phi) is 5.54. The van der Waals surface area contributed by atoms with Crippen molar-refractivity contribution in [3.63, 3.8) is 0 Å². The molecule has 1 aliphatic rings. The van der Waals surface area contributed by atoms with Crippen LogP contribution in [0.3, 0.4) is 0 Å². The van der Waals surface area contributed by atoms with E-state index in [0.717, 1.165) is 0 Å². The van der Waals surface area contributed by atoms with Crippen LogP contribution in [0.25, 0.3) is 6.08 Å². The maximum atomic E-state index is 13.9. The number of hydrogen-bond donors (Lipinski definition) is 0. The highest BCUT2D eigenvalue weighted by Gasteiger charge is 2.25. The van der Waals surface area contributed by atoms with Crippen LogP contribution in [-0.2, 0) is 9.53 Å². The van der Waals surface area contributed by atoms with Crippen molar-refractivity contribution in [2.24, 2.45) is 4.99 Å². The van der Waals surface area contributed by atoms with Gasteiger partial charge in [-0.3, -0.25) is 0 Å². The Morgan fingerprint density at radius 3 is 2.43 bits per heavy atom. The summed E-state index contributed by atoms with van der Waals surface area (Å²) in [6, 6.07) is 19.4. The van der Waals surface area contributed by atoms with Crippen LogP contribution < -0.4 is 4.74 Å². The van der Waals surface area contributed by atoms with E-state index < -0.39 is 17.8 Å². The monoisotopic (exact) mass is 465 g/mol. The first-order chi connectivity index (χ1) is 14.5. The third-order valence-corrected chi connectivity index (χ3v) is 4.90. The minimum Gasteiger partial charge on any atom is -0.423 e. The summed E-state index contributed by atoms with van der Waals surface area (Å²) >= 11 is 3.31. The van der Waals surface area contributed by atoms with E-state index in [4.69, 9.17) is 9.47 Å². The number of aliphatic imine (C=N–C) groups is 1.